The summed E-state index contributed by atoms with van der Waals surface area (Å²) < 4.78 is 16.3. The molecule has 0 heterocycles. The van der Waals surface area contributed by atoms with Gasteiger partial charge in [0.05, 0.1) is 24.8 Å². The Labute approximate surface area is 223 Å². The summed E-state index contributed by atoms with van der Waals surface area (Å²) in [5, 5.41) is 8.85. The molecule has 3 aromatic carbocycles. The standard InChI is InChI=1S/C32H31NO5/c1-24(2)32(35)37-22-6-4-3-5-21-36-29-16-12-27(13-17-29)28-14-18-30(19-15-28)38-31(34)20-11-25-7-9-26(23-33)10-8-25/h7-20H,1,3-6,21-22H2,2H3/b20-11+. The molecule has 0 amide bonds. The SMILES string of the molecule is C=C(C)C(=O)OCCCCCCOc1ccc(-c2ccc(OC(=O)/C=C/c3ccc(C#N)cc3)cc2)cc1. The summed E-state index contributed by atoms with van der Waals surface area (Å²) in [5.41, 5.74) is 3.82. The molecule has 3 rings (SSSR count). The highest BCUT2D eigenvalue weighted by Gasteiger charge is 2.04. The second kappa shape index (κ2) is 14.8. The van der Waals surface area contributed by atoms with Crippen molar-refractivity contribution in [1.29, 1.82) is 5.26 Å². The van der Waals surface area contributed by atoms with Crippen molar-refractivity contribution < 1.29 is 23.8 Å². The van der Waals surface area contributed by atoms with E-state index in [1.165, 1.54) is 6.08 Å². The van der Waals surface area contributed by atoms with Crippen molar-refractivity contribution in [3.8, 4) is 28.7 Å². The maximum Gasteiger partial charge on any atom is 0.336 e. The largest absolute Gasteiger partial charge is 0.494 e. The van der Waals surface area contributed by atoms with Crippen molar-refractivity contribution in [2.24, 2.45) is 0 Å². The molecule has 0 spiro atoms. The maximum atomic E-state index is 12.1. The van der Waals surface area contributed by atoms with E-state index < -0.39 is 5.97 Å². The van der Waals surface area contributed by atoms with Crippen LogP contribution in [0.3, 0.4) is 0 Å². The smallest absolute Gasteiger partial charge is 0.336 e. The van der Waals surface area contributed by atoms with Crippen LogP contribution in [-0.4, -0.2) is 25.2 Å². The van der Waals surface area contributed by atoms with Crippen LogP contribution in [0, 0.1) is 11.3 Å². The van der Waals surface area contributed by atoms with Crippen LogP contribution in [-0.2, 0) is 14.3 Å². The maximum absolute atomic E-state index is 12.1. The summed E-state index contributed by atoms with van der Waals surface area (Å²) in [7, 11) is 0. The minimum atomic E-state index is -0.477. The Bertz CT molecular complexity index is 1280. The average molecular weight is 510 g/mol. The fraction of sp³-hybridized carbons (Fsp3) is 0.219. The van der Waals surface area contributed by atoms with Gasteiger partial charge in [0.25, 0.3) is 0 Å². The van der Waals surface area contributed by atoms with Crippen molar-refractivity contribution in [2.75, 3.05) is 13.2 Å². The van der Waals surface area contributed by atoms with Gasteiger partial charge in [-0.3, -0.25) is 0 Å². The van der Waals surface area contributed by atoms with Crippen molar-refractivity contribution >= 4 is 18.0 Å². The molecule has 0 radical (unpaired) electrons. The first kappa shape index (κ1) is 27.9. The summed E-state index contributed by atoms with van der Waals surface area (Å²) in [6.07, 6.45) is 6.75. The molecule has 6 heteroatoms. The molecule has 0 N–H and O–H groups in total. The lowest BCUT2D eigenvalue weighted by atomic mass is 10.1. The van der Waals surface area contributed by atoms with Crippen LogP contribution in [0.4, 0.5) is 0 Å². The Kier molecular flexibility index (Phi) is 10.9. The summed E-state index contributed by atoms with van der Waals surface area (Å²) in [4.78, 5) is 23.4. The van der Waals surface area contributed by atoms with Crippen molar-refractivity contribution in [1.82, 2.24) is 0 Å². The summed E-state index contributed by atoms with van der Waals surface area (Å²) >= 11 is 0. The van der Waals surface area contributed by atoms with Gasteiger partial charge >= 0.3 is 11.9 Å². The Balaban J connectivity index is 1.38. The summed E-state index contributed by atoms with van der Waals surface area (Å²) in [6, 6.07) is 24.2. The van der Waals surface area contributed by atoms with Crippen LogP contribution in [0.5, 0.6) is 11.5 Å². The van der Waals surface area contributed by atoms with Gasteiger partial charge in [-0.25, -0.2) is 9.59 Å². The minimum absolute atomic E-state index is 0.332. The number of benzene rings is 3. The molecule has 0 saturated heterocycles. The predicted molar refractivity (Wildman–Crippen MR) is 147 cm³/mol. The van der Waals surface area contributed by atoms with Crippen molar-refractivity contribution in [3.05, 3.63) is 102 Å². The Hall–Kier alpha value is -4.63. The molecule has 0 saturated carbocycles. The lowest BCUT2D eigenvalue weighted by molar-refractivity contribution is -0.139. The molecular formula is C32H31NO5. The molecule has 0 aliphatic heterocycles. The van der Waals surface area contributed by atoms with E-state index in [1.54, 1.807) is 49.4 Å². The monoisotopic (exact) mass is 509 g/mol. The lowest BCUT2D eigenvalue weighted by Gasteiger charge is -2.08. The zero-order chi connectivity index (χ0) is 27.2. The first-order valence-electron chi connectivity index (χ1n) is 12.5. The highest BCUT2D eigenvalue weighted by atomic mass is 16.5. The normalized spacial score (nSPS) is 10.5. The second-order valence-electron chi connectivity index (χ2n) is 8.72. The number of ether oxygens (including phenoxy) is 3. The van der Waals surface area contributed by atoms with Crippen LogP contribution in [0.1, 0.15) is 43.7 Å². The highest BCUT2D eigenvalue weighted by molar-refractivity contribution is 5.89. The molecule has 38 heavy (non-hydrogen) atoms. The Morgan fingerprint density at radius 3 is 1.97 bits per heavy atom. The van der Waals surface area contributed by atoms with Crippen LogP contribution in [0.2, 0.25) is 0 Å². The number of nitriles is 1. The lowest BCUT2D eigenvalue weighted by Crippen LogP contribution is -2.06. The molecule has 0 aliphatic rings. The van der Waals surface area contributed by atoms with E-state index in [-0.39, 0.29) is 5.97 Å². The summed E-state index contributed by atoms with van der Waals surface area (Å²) in [6.45, 7) is 6.26. The topological polar surface area (TPSA) is 85.6 Å². The van der Waals surface area contributed by atoms with Gasteiger partial charge in [0.15, 0.2) is 0 Å². The molecule has 0 bridgehead atoms. The van der Waals surface area contributed by atoms with Crippen LogP contribution in [0.25, 0.3) is 17.2 Å². The number of carbonyl (C=O) groups excluding carboxylic acids is 2. The fourth-order valence-corrected chi connectivity index (χ4v) is 3.48. The van der Waals surface area contributed by atoms with Gasteiger partial charge < -0.3 is 14.2 Å². The number of hydrogen-bond donors (Lipinski definition) is 0. The number of esters is 2. The van der Waals surface area contributed by atoms with Gasteiger partial charge in [0.1, 0.15) is 11.5 Å². The number of hydrogen-bond acceptors (Lipinski definition) is 6. The predicted octanol–water partition coefficient (Wildman–Crippen LogP) is 6.90. The van der Waals surface area contributed by atoms with E-state index in [9.17, 15) is 9.59 Å². The fourth-order valence-electron chi connectivity index (χ4n) is 3.48. The molecule has 0 aromatic heterocycles. The third-order valence-corrected chi connectivity index (χ3v) is 5.60. The van der Waals surface area contributed by atoms with E-state index in [4.69, 9.17) is 19.5 Å². The Morgan fingerprint density at radius 1 is 0.816 bits per heavy atom. The van der Waals surface area contributed by atoms with Crippen LogP contribution >= 0.6 is 0 Å². The number of unbranched alkanes of at least 4 members (excludes halogenated alkanes) is 3. The molecule has 3 aromatic rings. The summed E-state index contributed by atoms with van der Waals surface area (Å²) in [5.74, 6) is 0.455. The zero-order valence-corrected chi connectivity index (χ0v) is 21.5. The first-order valence-corrected chi connectivity index (χ1v) is 12.5. The van der Waals surface area contributed by atoms with Crippen molar-refractivity contribution in [3.63, 3.8) is 0 Å². The Morgan fingerprint density at radius 2 is 1.39 bits per heavy atom. The van der Waals surface area contributed by atoms with Gasteiger partial charge in [-0.15, -0.1) is 0 Å². The number of carbonyl (C=O) groups is 2. The van der Waals surface area contributed by atoms with Gasteiger partial charge in [-0.05, 0) is 91.8 Å². The number of nitrogens with zero attached hydrogens (tertiary/aromatic N) is 1. The van der Waals surface area contributed by atoms with E-state index in [0.717, 1.165) is 48.1 Å². The van der Waals surface area contributed by atoms with Gasteiger partial charge in [0, 0.05) is 11.6 Å². The molecule has 194 valence electrons. The third kappa shape index (κ3) is 9.44. The van der Waals surface area contributed by atoms with Crippen molar-refractivity contribution in [2.45, 2.75) is 32.6 Å². The first-order chi connectivity index (χ1) is 18.4. The van der Waals surface area contributed by atoms with Gasteiger partial charge in [0.2, 0.25) is 0 Å². The molecule has 0 fully saturated rings. The average Bonchev–Trinajstić information content (AvgIpc) is 2.94. The quantitative estimate of drug-likeness (QED) is 0.108. The molecule has 6 nitrogen and oxygen atoms in total. The molecule has 0 unspecified atom stereocenters. The van der Waals surface area contributed by atoms with E-state index in [2.05, 4.69) is 12.6 Å². The molecule has 0 atom stereocenters. The third-order valence-electron chi connectivity index (χ3n) is 5.60. The minimum Gasteiger partial charge on any atom is -0.494 e. The number of rotatable bonds is 13. The van der Waals surface area contributed by atoms with E-state index >= 15 is 0 Å². The van der Waals surface area contributed by atoms with Gasteiger partial charge in [-0.2, -0.15) is 5.26 Å². The molecule has 0 aliphatic carbocycles. The highest BCUT2D eigenvalue weighted by Crippen LogP contribution is 2.25. The van der Waals surface area contributed by atoms with Crippen LogP contribution in [0.15, 0.2) is 91.0 Å². The van der Waals surface area contributed by atoms with E-state index in [1.807, 2.05) is 36.4 Å². The zero-order valence-electron chi connectivity index (χ0n) is 21.5. The molecular weight excluding hydrogens is 478 g/mol. The second-order valence-corrected chi connectivity index (χ2v) is 8.72. The van der Waals surface area contributed by atoms with Gasteiger partial charge in [-0.1, -0.05) is 43.0 Å². The van der Waals surface area contributed by atoms with E-state index in [0.29, 0.717) is 30.1 Å². The van der Waals surface area contributed by atoms with Crippen LogP contribution < -0.4 is 9.47 Å².